The summed E-state index contributed by atoms with van der Waals surface area (Å²) in [5.74, 6) is -0.432. The lowest BCUT2D eigenvalue weighted by molar-refractivity contribution is -0.118. The van der Waals surface area contributed by atoms with Crippen molar-refractivity contribution in [3.63, 3.8) is 0 Å². The monoisotopic (exact) mass is 402 g/mol. The molecule has 0 spiro atoms. The van der Waals surface area contributed by atoms with Gasteiger partial charge in [0.15, 0.2) is 0 Å². The Morgan fingerprint density at radius 3 is 2.57 bits per heavy atom. The van der Waals surface area contributed by atoms with E-state index in [-0.39, 0.29) is 6.54 Å². The van der Waals surface area contributed by atoms with Crippen molar-refractivity contribution in [3.8, 4) is 0 Å². The third-order valence-corrected chi connectivity index (χ3v) is 4.53. The maximum absolute atomic E-state index is 12.1. The minimum Gasteiger partial charge on any atom is -0.378 e. The molecule has 0 aliphatic carbocycles. The van der Waals surface area contributed by atoms with Crippen LogP contribution in [0.4, 0.5) is 16.2 Å². The molecule has 7 nitrogen and oxygen atoms in total. The molecule has 148 valence electrons. The fraction of sp³-hybridized carbons (Fsp3) is 0.300. The van der Waals surface area contributed by atoms with Crippen molar-refractivity contribution < 1.29 is 14.3 Å². The van der Waals surface area contributed by atoms with Gasteiger partial charge < -0.3 is 20.3 Å². The van der Waals surface area contributed by atoms with Crippen LogP contribution in [0.25, 0.3) is 0 Å². The van der Waals surface area contributed by atoms with Crippen LogP contribution < -0.4 is 20.9 Å². The SMILES string of the molecule is O=C(CNc1cc(Cl)ccc1N1CCOCC1)NC(=O)NCc1ccccc1. The molecule has 3 rings (SSSR count). The molecule has 0 saturated carbocycles. The highest BCUT2D eigenvalue weighted by molar-refractivity contribution is 6.31. The van der Waals surface area contributed by atoms with Gasteiger partial charge in [-0.3, -0.25) is 10.1 Å². The number of benzene rings is 2. The number of carbonyl (C=O) groups excluding carboxylic acids is 2. The Labute approximate surface area is 169 Å². The lowest BCUT2D eigenvalue weighted by Gasteiger charge is -2.30. The Balaban J connectivity index is 1.51. The van der Waals surface area contributed by atoms with E-state index in [2.05, 4.69) is 20.9 Å². The highest BCUT2D eigenvalue weighted by Crippen LogP contribution is 2.29. The number of anilines is 2. The van der Waals surface area contributed by atoms with E-state index in [1.165, 1.54) is 0 Å². The molecule has 2 aromatic rings. The van der Waals surface area contributed by atoms with Gasteiger partial charge in [0.25, 0.3) is 0 Å². The summed E-state index contributed by atoms with van der Waals surface area (Å²) in [5, 5.41) is 8.62. The Kier molecular flexibility index (Phi) is 7.11. The van der Waals surface area contributed by atoms with Crippen LogP contribution in [0.1, 0.15) is 5.56 Å². The first-order valence-electron chi connectivity index (χ1n) is 9.09. The largest absolute Gasteiger partial charge is 0.378 e. The molecule has 1 aliphatic rings. The van der Waals surface area contributed by atoms with Gasteiger partial charge in [-0.05, 0) is 23.8 Å². The van der Waals surface area contributed by atoms with Crippen LogP contribution >= 0.6 is 11.6 Å². The molecular formula is C20H23ClN4O3. The highest BCUT2D eigenvalue weighted by atomic mass is 35.5. The van der Waals surface area contributed by atoms with Crippen molar-refractivity contribution in [3.05, 3.63) is 59.1 Å². The summed E-state index contributed by atoms with van der Waals surface area (Å²) >= 11 is 6.11. The number of urea groups is 1. The van der Waals surface area contributed by atoms with Gasteiger partial charge in [0.05, 0.1) is 31.1 Å². The summed E-state index contributed by atoms with van der Waals surface area (Å²) in [4.78, 5) is 26.2. The summed E-state index contributed by atoms with van der Waals surface area (Å²) < 4.78 is 5.38. The highest BCUT2D eigenvalue weighted by Gasteiger charge is 2.16. The van der Waals surface area contributed by atoms with Crippen molar-refractivity contribution in [2.75, 3.05) is 43.1 Å². The number of hydrogen-bond donors (Lipinski definition) is 3. The Morgan fingerprint density at radius 2 is 1.82 bits per heavy atom. The zero-order valence-corrected chi connectivity index (χ0v) is 16.2. The maximum atomic E-state index is 12.1. The van der Waals surface area contributed by atoms with Crippen LogP contribution in [-0.4, -0.2) is 44.8 Å². The van der Waals surface area contributed by atoms with Gasteiger partial charge in [0, 0.05) is 24.7 Å². The molecule has 8 heteroatoms. The lowest BCUT2D eigenvalue weighted by atomic mass is 10.2. The number of nitrogens with zero attached hydrogens (tertiary/aromatic N) is 1. The smallest absolute Gasteiger partial charge is 0.321 e. The summed E-state index contributed by atoms with van der Waals surface area (Å²) in [6, 6.07) is 14.5. The van der Waals surface area contributed by atoms with E-state index < -0.39 is 11.9 Å². The molecule has 0 bridgehead atoms. The number of hydrogen-bond acceptors (Lipinski definition) is 5. The normalized spacial score (nSPS) is 13.7. The van der Waals surface area contributed by atoms with E-state index in [4.69, 9.17) is 16.3 Å². The van der Waals surface area contributed by atoms with Gasteiger partial charge in [-0.1, -0.05) is 41.9 Å². The van der Waals surface area contributed by atoms with E-state index >= 15 is 0 Å². The number of morpholine rings is 1. The van der Waals surface area contributed by atoms with E-state index in [0.717, 1.165) is 30.0 Å². The number of amides is 3. The van der Waals surface area contributed by atoms with E-state index in [9.17, 15) is 9.59 Å². The zero-order valence-electron chi connectivity index (χ0n) is 15.4. The van der Waals surface area contributed by atoms with Crippen LogP contribution in [0, 0.1) is 0 Å². The van der Waals surface area contributed by atoms with Gasteiger partial charge in [-0.25, -0.2) is 4.79 Å². The van der Waals surface area contributed by atoms with Crippen molar-refractivity contribution >= 4 is 34.9 Å². The molecule has 0 aromatic heterocycles. The predicted octanol–water partition coefficient (Wildman–Crippen LogP) is 2.61. The second kappa shape index (κ2) is 9.96. The fourth-order valence-electron chi connectivity index (χ4n) is 2.90. The summed E-state index contributed by atoms with van der Waals surface area (Å²) in [5.41, 5.74) is 2.65. The lowest BCUT2D eigenvalue weighted by Crippen LogP contribution is -2.42. The molecule has 3 amide bonds. The van der Waals surface area contributed by atoms with E-state index in [0.29, 0.717) is 24.8 Å². The van der Waals surface area contributed by atoms with E-state index in [1.54, 1.807) is 6.07 Å². The van der Waals surface area contributed by atoms with Crippen molar-refractivity contribution in [2.45, 2.75) is 6.54 Å². The number of rotatable bonds is 6. The average molecular weight is 403 g/mol. The number of nitrogens with one attached hydrogen (secondary N) is 3. The van der Waals surface area contributed by atoms with Crippen molar-refractivity contribution in [1.29, 1.82) is 0 Å². The third-order valence-electron chi connectivity index (χ3n) is 4.30. The molecular weight excluding hydrogens is 380 g/mol. The van der Waals surface area contributed by atoms with Crippen molar-refractivity contribution in [2.24, 2.45) is 0 Å². The first kappa shape index (κ1) is 20.0. The van der Waals surface area contributed by atoms with Crippen LogP contribution in [0.3, 0.4) is 0 Å². The molecule has 1 heterocycles. The molecule has 2 aromatic carbocycles. The first-order chi connectivity index (χ1) is 13.6. The second-order valence-electron chi connectivity index (χ2n) is 6.33. The van der Waals surface area contributed by atoms with Gasteiger partial charge in [0.1, 0.15) is 0 Å². The molecule has 0 radical (unpaired) electrons. The standard InChI is InChI=1S/C20H23ClN4O3/c21-16-6-7-18(25-8-10-28-11-9-25)17(12-16)22-14-19(26)24-20(27)23-13-15-4-2-1-3-5-15/h1-7,12,22H,8-11,13-14H2,(H2,23,24,26,27). The minimum atomic E-state index is -0.532. The van der Waals surface area contributed by atoms with Crippen LogP contribution in [-0.2, 0) is 16.1 Å². The number of imide groups is 1. The third kappa shape index (κ3) is 5.87. The second-order valence-corrected chi connectivity index (χ2v) is 6.77. The summed E-state index contributed by atoms with van der Waals surface area (Å²) in [6.45, 7) is 3.16. The zero-order chi connectivity index (χ0) is 19.8. The minimum absolute atomic E-state index is 0.0452. The number of ether oxygens (including phenoxy) is 1. The van der Waals surface area contributed by atoms with Crippen LogP contribution in [0.15, 0.2) is 48.5 Å². The van der Waals surface area contributed by atoms with Gasteiger partial charge in [0.2, 0.25) is 5.91 Å². The molecule has 0 unspecified atom stereocenters. The number of halogens is 1. The van der Waals surface area contributed by atoms with E-state index in [1.807, 2.05) is 42.5 Å². The Hall–Kier alpha value is -2.77. The van der Waals surface area contributed by atoms with Gasteiger partial charge in [-0.15, -0.1) is 0 Å². The maximum Gasteiger partial charge on any atom is 0.321 e. The summed E-state index contributed by atoms with van der Waals surface area (Å²) in [6.07, 6.45) is 0. The Bertz CT molecular complexity index is 810. The predicted molar refractivity (Wildman–Crippen MR) is 110 cm³/mol. The molecule has 1 aliphatic heterocycles. The molecule has 1 saturated heterocycles. The van der Waals surface area contributed by atoms with Crippen LogP contribution in [0.2, 0.25) is 5.02 Å². The quantitative estimate of drug-likeness (QED) is 0.691. The molecule has 3 N–H and O–H groups in total. The van der Waals surface area contributed by atoms with Crippen LogP contribution in [0.5, 0.6) is 0 Å². The Morgan fingerprint density at radius 1 is 1.07 bits per heavy atom. The first-order valence-corrected chi connectivity index (χ1v) is 9.47. The molecule has 0 atom stereocenters. The number of carbonyl (C=O) groups is 2. The topological polar surface area (TPSA) is 82.7 Å². The van der Waals surface area contributed by atoms with Crippen molar-refractivity contribution in [1.82, 2.24) is 10.6 Å². The molecule has 28 heavy (non-hydrogen) atoms. The summed E-state index contributed by atoms with van der Waals surface area (Å²) in [7, 11) is 0. The molecule has 1 fully saturated rings. The van der Waals surface area contributed by atoms with Gasteiger partial charge in [-0.2, -0.15) is 0 Å². The fourth-order valence-corrected chi connectivity index (χ4v) is 3.07. The van der Waals surface area contributed by atoms with Gasteiger partial charge >= 0.3 is 6.03 Å². The average Bonchev–Trinajstić information content (AvgIpc) is 2.72.